The Morgan fingerprint density at radius 1 is 1.30 bits per heavy atom. The summed E-state index contributed by atoms with van der Waals surface area (Å²) in [5.41, 5.74) is 3.81. The second-order valence-electron chi connectivity index (χ2n) is 7.21. The lowest BCUT2D eigenvalue weighted by molar-refractivity contribution is -0.384. The molecule has 2 heterocycles. The van der Waals surface area contributed by atoms with E-state index in [-0.39, 0.29) is 27.8 Å². The molecule has 1 aromatic carbocycles. The third-order valence-corrected chi connectivity index (χ3v) is 5.37. The van der Waals surface area contributed by atoms with Crippen LogP contribution in [0.5, 0.6) is 5.75 Å². The molecule has 0 fully saturated rings. The summed E-state index contributed by atoms with van der Waals surface area (Å²) in [4.78, 5) is 39.4. The number of amides is 1. The van der Waals surface area contributed by atoms with E-state index in [2.05, 4.69) is 15.5 Å². The van der Waals surface area contributed by atoms with Crippen molar-refractivity contribution in [2.24, 2.45) is 5.10 Å². The molecule has 4 rings (SSSR count). The highest BCUT2D eigenvalue weighted by Gasteiger charge is 2.29. The fourth-order valence-corrected chi connectivity index (χ4v) is 3.70. The molecule has 1 amide bonds. The Bertz CT molecular complexity index is 1290. The van der Waals surface area contributed by atoms with Crippen LogP contribution < -0.4 is 10.2 Å². The van der Waals surface area contributed by atoms with Crippen LogP contribution in [-0.2, 0) is 6.42 Å². The highest BCUT2D eigenvalue weighted by molar-refractivity contribution is 6.32. The smallest absolute Gasteiger partial charge is 0.379 e. The maximum absolute atomic E-state index is 12.6. The SMILES string of the molecule is Cc1c(C(=O)Oc2cccnc2)oc2c1/C(=N/NC(=O)c1ccc(Cl)c([N+](=O)[O-])c1)CCC2. The van der Waals surface area contributed by atoms with Gasteiger partial charge < -0.3 is 9.15 Å². The van der Waals surface area contributed by atoms with Gasteiger partial charge in [-0.3, -0.25) is 19.9 Å². The van der Waals surface area contributed by atoms with Crippen LogP contribution in [0, 0.1) is 17.0 Å². The van der Waals surface area contributed by atoms with Gasteiger partial charge in [-0.05, 0) is 44.0 Å². The number of carbonyl (C=O) groups is 2. The van der Waals surface area contributed by atoms with Gasteiger partial charge >= 0.3 is 5.97 Å². The zero-order chi connectivity index (χ0) is 23.5. The van der Waals surface area contributed by atoms with Crippen LogP contribution in [0.3, 0.4) is 0 Å². The van der Waals surface area contributed by atoms with Crippen LogP contribution in [0.15, 0.2) is 52.2 Å². The molecular weight excluding hydrogens is 452 g/mol. The lowest BCUT2D eigenvalue weighted by atomic mass is 9.93. The predicted octanol–water partition coefficient (Wildman–Crippen LogP) is 4.23. The molecule has 10 nitrogen and oxygen atoms in total. The van der Waals surface area contributed by atoms with Crippen molar-refractivity contribution in [3.63, 3.8) is 0 Å². The minimum Gasteiger partial charge on any atom is -0.453 e. The fraction of sp³-hybridized carbons (Fsp3) is 0.182. The van der Waals surface area contributed by atoms with Gasteiger partial charge in [0.05, 0.1) is 16.8 Å². The molecule has 2 aromatic heterocycles. The Labute approximate surface area is 192 Å². The number of aromatic nitrogens is 1. The molecular formula is C22H17ClN4O6. The summed E-state index contributed by atoms with van der Waals surface area (Å²) >= 11 is 5.79. The number of rotatable bonds is 5. The molecule has 168 valence electrons. The number of furan rings is 1. The van der Waals surface area contributed by atoms with Gasteiger partial charge in [-0.25, -0.2) is 10.2 Å². The number of aryl methyl sites for hydroxylation is 1. The number of nitrogens with one attached hydrogen (secondary N) is 1. The van der Waals surface area contributed by atoms with Crippen molar-refractivity contribution in [3.8, 4) is 5.75 Å². The van der Waals surface area contributed by atoms with Crippen LogP contribution in [0.4, 0.5) is 5.69 Å². The summed E-state index contributed by atoms with van der Waals surface area (Å²) < 4.78 is 11.1. The Morgan fingerprint density at radius 3 is 2.85 bits per heavy atom. The molecule has 0 atom stereocenters. The number of fused-ring (bicyclic) bond motifs is 1. The molecule has 0 aliphatic heterocycles. The zero-order valence-electron chi connectivity index (χ0n) is 17.3. The number of carbonyl (C=O) groups excluding carboxylic acids is 2. The van der Waals surface area contributed by atoms with Crippen LogP contribution in [0.25, 0.3) is 0 Å². The van der Waals surface area contributed by atoms with E-state index < -0.39 is 16.8 Å². The Balaban J connectivity index is 1.57. The third-order valence-electron chi connectivity index (χ3n) is 5.05. The van der Waals surface area contributed by atoms with Gasteiger partial charge in [0.2, 0.25) is 5.76 Å². The molecule has 0 unspecified atom stereocenters. The van der Waals surface area contributed by atoms with Gasteiger partial charge in [-0.15, -0.1) is 0 Å². The summed E-state index contributed by atoms with van der Waals surface area (Å²) in [5.74, 6) is -0.377. The first kappa shape index (κ1) is 22.2. The van der Waals surface area contributed by atoms with E-state index in [9.17, 15) is 19.7 Å². The van der Waals surface area contributed by atoms with Crippen molar-refractivity contribution in [2.45, 2.75) is 26.2 Å². The van der Waals surface area contributed by atoms with E-state index in [0.29, 0.717) is 41.9 Å². The van der Waals surface area contributed by atoms with Crippen molar-refractivity contribution in [1.29, 1.82) is 0 Å². The predicted molar refractivity (Wildman–Crippen MR) is 118 cm³/mol. The number of nitrogens with zero attached hydrogens (tertiary/aromatic N) is 3. The largest absolute Gasteiger partial charge is 0.453 e. The number of hydrazone groups is 1. The zero-order valence-corrected chi connectivity index (χ0v) is 18.1. The van der Waals surface area contributed by atoms with Crippen LogP contribution in [0.1, 0.15) is 50.6 Å². The Hall–Kier alpha value is -4.05. The summed E-state index contributed by atoms with van der Waals surface area (Å²) in [6.07, 6.45) is 4.84. The Kier molecular flexibility index (Phi) is 6.18. The topological polar surface area (TPSA) is 137 Å². The first-order chi connectivity index (χ1) is 15.8. The van der Waals surface area contributed by atoms with E-state index >= 15 is 0 Å². The van der Waals surface area contributed by atoms with Crippen molar-refractivity contribution in [3.05, 3.63) is 86.1 Å². The molecule has 0 bridgehead atoms. The van der Waals surface area contributed by atoms with E-state index in [1.807, 2.05) is 0 Å². The summed E-state index contributed by atoms with van der Waals surface area (Å²) in [7, 11) is 0. The number of ether oxygens (including phenoxy) is 1. The van der Waals surface area contributed by atoms with Gasteiger partial charge in [0.15, 0.2) is 0 Å². The average molecular weight is 469 g/mol. The lowest BCUT2D eigenvalue weighted by Gasteiger charge is -2.13. The number of esters is 1. The van der Waals surface area contributed by atoms with E-state index in [4.69, 9.17) is 20.8 Å². The molecule has 0 saturated carbocycles. The van der Waals surface area contributed by atoms with Crippen molar-refractivity contribution in [2.75, 3.05) is 0 Å². The third kappa shape index (κ3) is 4.60. The molecule has 11 heteroatoms. The number of hydrogen-bond acceptors (Lipinski definition) is 8. The normalized spacial score (nSPS) is 13.9. The minimum absolute atomic E-state index is 0.0381. The highest BCUT2D eigenvalue weighted by Crippen LogP contribution is 2.31. The summed E-state index contributed by atoms with van der Waals surface area (Å²) in [6.45, 7) is 1.72. The lowest BCUT2D eigenvalue weighted by Crippen LogP contribution is -2.22. The monoisotopic (exact) mass is 468 g/mol. The maximum Gasteiger partial charge on any atom is 0.379 e. The number of halogens is 1. The van der Waals surface area contributed by atoms with Crippen LogP contribution >= 0.6 is 11.6 Å². The molecule has 0 radical (unpaired) electrons. The van der Waals surface area contributed by atoms with Gasteiger partial charge in [0, 0.05) is 35.4 Å². The molecule has 1 N–H and O–H groups in total. The second kappa shape index (κ2) is 9.21. The van der Waals surface area contributed by atoms with Gasteiger partial charge in [0.25, 0.3) is 11.6 Å². The standard InChI is InChI=1S/C22H17ClN4O6/c1-12-19-16(25-26-21(28)13-7-8-15(23)17(10-13)27(30)31)5-2-6-18(19)33-20(12)22(29)32-14-4-3-9-24-11-14/h3-4,7-11H,2,5-6H2,1H3,(H,26,28)/b25-16+. The molecule has 33 heavy (non-hydrogen) atoms. The number of benzene rings is 1. The number of nitro groups is 1. The van der Waals surface area contributed by atoms with E-state index in [0.717, 1.165) is 6.07 Å². The van der Waals surface area contributed by atoms with Crippen molar-refractivity contribution >= 4 is 34.9 Å². The van der Waals surface area contributed by atoms with E-state index in [1.165, 1.54) is 18.3 Å². The summed E-state index contributed by atoms with van der Waals surface area (Å²) in [6, 6.07) is 6.98. The maximum atomic E-state index is 12.6. The van der Waals surface area contributed by atoms with E-state index in [1.54, 1.807) is 25.3 Å². The van der Waals surface area contributed by atoms with Gasteiger partial charge in [0.1, 0.15) is 16.5 Å². The van der Waals surface area contributed by atoms with Crippen LogP contribution in [-0.4, -0.2) is 27.5 Å². The highest BCUT2D eigenvalue weighted by atomic mass is 35.5. The Morgan fingerprint density at radius 2 is 2.12 bits per heavy atom. The first-order valence-corrected chi connectivity index (χ1v) is 10.3. The van der Waals surface area contributed by atoms with Crippen LogP contribution in [0.2, 0.25) is 5.02 Å². The van der Waals surface area contributed by atoms with Crippen molar-refractivity contribution in [1.82, 2.24) is 10.4 Å². The second-order valence-corrected chi connectivity index (χ2v) is 7.62. The molecule has 3 aromatic rings. The summed E-state index contributed by atoms with van der Waals surface area (Å²) in [5, 5.41) is 15.2. The molecule has 1 aliphatic rings. The quantitative estimate of drug-likeness (QED) is 0.336. The number of nitro benzene ring substituents is 1. The minimum atomic E-state index is -0.667. The van der Waals surface area contributed by atoms with Gasteiger partial charge in [-0.1, -0.05) is 11.6 Å². The average Bonchev–Trinajstić information content (AvgIpc) is 3.15. The first-order valence-electron chi connectivity index (χ1n) is 9.91. The molecule has 0 spiro atoms. The number of hydrogen-bond donors (Lipinski definition) is 1. The van der Waals surface area contributed by atoms with Crippen molar-refractivity contribution < 1.29 is 23.7 Å². The fourth-order valence-electron chi connectivity index (χ4n) is 3.51. The molecule has 0 saturated heterocycles. The van der Waals surface area contributed by atoms with Gasteiger partial charge in [-0.2, -0.15) is 5.10 Å². The molecule has 1 aliphatic carbocycles. The number of pyridine rings is 1.